The van der Waals surface area contributed by atoms with Crippen LogP contribution in [0.5, 0.6) is 0 Å². The average Bonchev–Trinajstić information content (AvgIpc) is 2.77. The van der Waals surface area contributed by atoms with E-state index >= 15 is 0 Å². The summed E-state index contributed by atoms with van der Waals surface area (Å²) < 4.78 is 0. The van der Waals surface area contributed by atoms with Gasteiger partial charge in [0.05, 0.1) is 12.1 Å². The molecule has 0 radical (unpaired) electrons. The average molecular weight is 283 g/mol. The van der Waals surface area contributed by atoms with Gasteiger partial charge in [-0.3, -0.25) is 4.99 Å². The van der Waals surface area contributed by atoms with Crippen LogP contribution in [0.2, 0.25) is 5.02 Å². The zero-order valence-corrected chi connectivity index (χ0v) is 12.6. The summed E-state index contributed by atoms with van der Waals surface area (Å²) in [6.45, 7) is 6.58. The summed E-state index contributed by atoms with van der Waals surface area (Å²) in [4.78, 5) is 4.71. The first-order chi connectivity index (χ1) is 8.56. The van der Waals surface area contributed by atoms with Crippen LogP contribution < -0.4 is 5.32 Å². The monoisotopic (exact) mass is 282 g/mol. The number of nitrogens with one attached hydrogen (secondary N) is 1. The van der Waals surface area contributed by atoms with Crippen molar-refractivity contribution in [2.75, 3.05) is 5.75 Å². The Kier molecular flexibility index (Phi) is 4.57. The Hall–Kier alpha value is -0.670. The predicted octanol–water partition coefficient (Wildman–Crippen LogP) is 4.12. The van der Waals surface area contributed by atoms with E-state index in [0.717, 1.165) is 15.9 Å². The van der Waals surface area contributed by atoms with Crippen LogP contribution in [0.1, 0.15) is 32.4 Å². The SMILES string of the molecule is CC(NC1=NC(C(C)C)CS1)c1cccc(Cl)c1. The van der Waals surface area contributed by atoms with Crippen LogP contribution in [0.3, 0.4) is 0 Å². The molecule has 0 aliphatic carbocycles. The molecule has 0 amide bonds. The van der Waals surface area contributed by atoms with Gasteiger partial charge in [0, 0.05) is 10.8 Å². The maximum atomic E-state index is 6.01. The highest BCUT2D eigenvalue weighted by atomic mass is 35.5. The van der Waals surface area contributed by atoms with Gasteiger partial charge in [0.1, 0.15) is 0 Å². The third-order valence-corrected chi connectivity index (χ3v) is 4.37. The van der Waals surface area contributed by atoms with Crippen molar-refractivity contribution in [3.8, 4) is 0 Å². The van der Waals surface area contributed by atoms with Crippen LogP contribution in [0.25, 0.3) is 0 Å². The summed E-state index contributed by atoms with van der Waals surface area (Å²) in [5, 5.41) is 5.30. The minimum atomic E-state index is 0.237. The molecule has 2 atom stereocenters. The van der Waals surface area contributed by atoms with Gasteiger partial charge in [0.15, 0.2) is 5.17 Å². The molecule has 2 unspecified atom stereocenters. The molecule has 1 aromatic carbocycles. The van der Waals surface area contributed by atoms with Crippen LogP contribution in [0.15, 0.2) is 29.3 Å². The molecule has 0 saturated carbocycles. The van der Waals surface area contributed by atoms with E-state index in [0.29, 0.717) is 12.0 Å². The molecule has 0 fully saturated rings. The fraction of sp³-hybridized carbons (Fsp3) is 0.500. The van der Waals surface area contributed by atoms with Gasteiger partial charge < -0.3 is 5.32 Å². The van der Waals surface area contributed by atoms with Crippen LogP contribution in [0, 0.1) is 5.92 Å². The highest BCUT2D eigenvalue weighted by Crippen LogP contribution is 2.24. The largest absolute Gasteiger partial charge is 0.358 e. The summed E-state index contributed by atoms with van der Waals surface area (Å²) in [6.07, 6.45) is 0. The second kappa shape index (κ2) is 5.98. The zero-order chi connectivity index (χ0) is 13.1. The molecule has 1 N–H and O–H groups in total. The fourth-order valence-electron chi connectivity index (χ4n) is 1.85. The fourth-order valence-corrected chi connectivity index (χ4v) is 3.31. The van der Waals surface area contributed by atoms with Crippen molar-refractivity contribution in [3.05, 3.63) is 34.9 Å². The zero-order valence-electron chi connectivity index (χ0n) is 11.0. The van der Waals surface area contributed by atoms with Gasteiger partial charge in [-0.05, 0) is 30.5 Å². The van der Waals surface area contributed by atoms with Crippen molar-refractivity contribution in [1.29, 1.82) is 0 Å². The van der Waals surface area contributed by atoms with E-state index in [1.165, 1.54) is 5.56 Å². The molecule has 0 saturated heterocycles. The number of aliphatic imine (C=N–C) groups is 1. The van der Waals surface area contributed by atoms with Gasteiger partial charge >= 0.3 is 0 Å². The molecule has 0 bridgehead atoms. The van der Waals surface area contributed by atoms with E-state index in [9.17, 15) is 0 Å². The highest BCUT2D eigenvalue weighted by molar-refractivity contribution is 8.14. The van der Waals surface area contributed by atoms with Gasteiger partial charge in [0.25, 0.3) is 0 Å². The molecule has 0 aromatic heterocycles. The number of halogens is 1. The van der Waals surface area contributed by atoms with Crippen molar-refractivity contribution in [3.63, 3.8) is 0 Å². The van der Waals surface area contributed by atoms with Crippen LogP contribution in [-0.2, 0) is 0 Å². The quantitative estimate of drug-likeness (QED) is 0.902. The van der Waals surface area contributed by atoms with Crippen LogP contribution >= 0.6 is 23.4 Å². The second-order valence-corrected chi connectivity index (χ2v) is 6.42. The van der Waals surface area contributed by atoms with Crippen molar-refractivity contribution >= 4 is 28.5 Å². The summed E-state index contributed by atoms with van der Waals surface area (Å²) in [5.41, 5.74) is 1.19. The molecule has 1 heterocycles. The number of benzene rings is 1. The first-order valence-electron chi connectivity index (χ1n) is 6.29. The number of thioether (sulfide) groups is 1. The highest BCUT2D eigenvalue weighted by Gasteiger charge is 2.22. The first-order valence-corrected chi connectivity index (χ1v) is 7.65. The minimum absolute atomic E-state index is 0.237. The standard InChI is InChI=1S/C14H19ClN2S/c1-9(2)13-8-18-14(17-13)16-10(3)11-5-4-6-12(15)7-11/h4-7,9-10,13H,8H2,1-3H3,(H,16,17). The molecule has 2 rings (SSSR count). The third-order valence-electron chi connectivity index (χ3n) is 3.13. The summed E-state index contributed by atoms with van der Waals surface area (Å²) in [6, 6.07) is 8.65. The normalized spacial score (nSPS) is 20.9. The number of rotatable bonds is 3. The summed E-state index contributed by atoms with van der Waals surface area (Å²) >= 11 is 7.82. The lowest BCUT2D eigenvalue weighted by Crippen LogP contribution is -2.23. The molecule has 0 spiro atoms. The van der Waals surface area contributed by atoms with Gasteiger partial charge in [-0.25, -0.2) is 0 Å². The smallest absolute Gasteiger partial charge is 0.157 e. The van der Waals surface area contributed by atoms with Crippen molar-refractivity contribution in [1.82, 2.24) is 5.32 Å². The van der Waals surface area contributed by atoms with Crippen molar-refractivity contribution in [2.45, 2.75) is 32.9 Å². The minimum Gasteiger partial charge on any atom is -0.358 e. The molecular weight excluding hydrogens is 264 g/mol. The van der Waals surface area contributed by atoms with Crippen molar-refractivity contribution in [2.24, 2.45) is 10.9 Å². The summed E-state index contributed by atoms with van der Waals surface area (Å²) in [7, 11) is 0. The van der Waals surface area contributed by atoms with Gasteiger partial charge in [-0.15, -0.1) is 0 Å². The second-order valence-electron chi connectivity index (χ2n) is 4.98. The van der Waals surface area contributed by atoms with Gasteiger partial charge in [-0.1, -0.05) is 49.3 Å². The Morgan fingerprint density at radius 2 is 2.17 bits per heavy atom. The van der Waals surface area contributed by atoms with Gasteiger partial charge in [-0.2, -0.15) is 0 Å². The van der Waals surface area contributed by atoms with Gasteiger partial charge in [0.2, 0.25) is 0 Å². The lowest BCUT2D eigenvalue weighted by Gasteiger charge is -2.15. The Morgan fingerprint density at radius 3 is 2.78 bits per heavy atom. The predicted molar refractivity (Wildman–Crippen MR) is 81.5 cm³/mol. The molecule has 18 heavy (non-hydrogen) atoms. The van der Waals surface area contributed by atoms with E-state index < -0.39 is 0 Å². The van der Waals surface area contributed by atoms with E-state index in [1.54, 1.807) is 0 Å². The van der Waals surface area contributed by atoms with E-state index in [-0.39, 0.29) is 6.04 Å². The Balaban J connectivity index is 2.00. The number of hydrogen-bond donors (Lipinski definition) is 1. The molecule has 1 aliphatic heterocycles. The lowest BCUT2D eigenvalue weighted by molar-refractivity contribution is 0.541. The molecule has 1 aliphatic rings. The maximum absolute atomic E-state index is 6.01. The topological polar surface area (TPSA) is 24.4 Å². The van der Waals surface area contributed by atoms with E-state index in [1.807, 2.05) is 30.0 Å². The van der Waals surface area contributed by atoms with Crippen molar-refractivity contribution < 1.29 is 0 Å². The molecule has 4 heteroatoms. The third kappa shape index (κ3) is 3.42. The maximum Gasteiger partial charge on any atom is 0.157 e. The Labute approximate surface area is 118 Å². The molecule has 1 aromatic rings. The molecule has 2 nitrogen and oxygen atoms in total. The van der Waals surface area contributed by atoms with Crippen LogP contribution in [0.4, 0.5) is 0 Å². The van der Waals surface area contributed by atoms with E-state index in [4.69, 9.17) is 16.6 Å². The number of amidine groups is 1. The number of nitrogens with zero attached hydrogens (tertiary/aromatic N) is 1. The lowest BCUT2D eigenvalue weighted by atomic mass is 10.1. The summed E-state index contributed by atoms with van der Waals surface area (Å²) in [5.74, 6) is 1.70. The first kappa shape index (κ1) is 13.8. The van der Waals surface area contributed by atoms with Crippen LogP contribution in [-0.4, -0.2) is 17.0 Å². The Morgan fingerprint density at radius 1 is 1.39 bits per heavy atom. The molecule has 98 valence electrons. The molecular formula is C14H19ClN2S. The Bertz CT molecular complexity index is 445. The van der Waals surface area contributed by atoms with E-state index in [2.05, 4.69) is 32.2 Å². The number of hydrogen-bond acceptors (Lipinski definition) is 3.